The number of likely N-dealkylation sites (N-methyl/N-ethyl adjacent to an activating group) is 1. The summed E-state index contributed by atoms with van der Waals surface area (Å²) < 4.78 is 3.42. The SMILES string of the molecule is CCN1CCC[C@@H]1CNCc1ccc2c(c1)n(C)c(=O)n2C. The zero-order valence-electron chi connectivity index (χ0n) is 13.8. The fraction of sp³-hybridized carbons (Fsp3) is 0.588. The molecule has 0 spiro atoms. The fourth-order valence-electron chi connectivity index (χ4n) is 3.59. The van der Waals surface area contributed by atoms with E-state index in [0.29, 0.717) is 6.04 Å². The number of nitrogens with zero attached hydrogens (tertiary/aromatic N) is 3. The van der Waals surface area contributed by atoms with Crippen molar-refractivity contribution in [2.45, 2.75) is 32.4 Å². The standard InChI is InChI=1S/C17H26N4O/c1-4-21-9-5-6-14(21)12-18-11-13-7-8-15-16(10-13)20(3)17(22)19(15)2/h7-8,10,14,18H,4-6,9,11-12H2,1-3H3/t14-/m1/s1. The van der Waals surface area contributed by atoms with Crippen LogP contribution in [0.3, 0.4) is 0 Å². The molecule has 0 bridgehead atoms. The Morgan fingerprint density at radius 3 is 2.77 bits per heavy atom. The van der Waals surface area contributed by atoms with Crippen molar-refractivity contribution in [3.63, 3.8) is 0 Å². The predicted molar refractivity (Wildman–Crippen MR) is 90.1 cm³/mol. The number of aryl methyl sites for hydroxylation is 2. The number of hydrogen-bond donors (Lipinski definition) is 1. The number of imidazole rings is 1. The third-order valence-electron chi connectivity index (χ3n) is 4.95. The van der Waals surface area contributed by atoms with Crippen LogP contribution in [0.5, 0.6) is 0 Å². The summed E-state index contributed by atoms with van der Waals surface area (Å²) in [5, 5.41) is 3.58. The van der Waals surface area contributed by atoms with Crippen LogP contribution >= 0.6 is 0 Å². The molecule has 1 atom stereocenters. The lowest BCUT2D eigenvalue weighted by atomic mass is 10.1. The first-order valence-corrected chi connectivity index (χ1v) is 8.21. The highest BCUT2D eigenvalue weighted by Gasteiger charge is 2.22. The van der Waals surface area contributed by atoms with Gasteiger partial charge in [0, 0.05) is 33.2 Å². The first-order chi connectivity index (χ1) is 10.6. The maximum Gasteiger partial charge on any atom is 0.328 e. The highest BCUT2D eigenvalue weighted by Crippen LogP contribution is 2.16. The van der Waals surface area contributed by atoms with Gasteiger partial charge in [-0.05, 0) is 43.6 Å². The Morgan fingerprint density at radius 1 is 1.23 bits per heavy atom. The second-order valence-electron chi connectivity index (χ2n) is 6.28. The minimum absolute atomic E-state index is 0.0321. The van der Waals surface area contributed by atoms with Gasteiger partial charge in [-0.15, -0.1) is 0 Å². The van der Waals surface area contributed by atoms with Gasteiger partial charge in [-0.3, -0.25) is 14.0 Å². The molecule has 1 aliphatic heterocycles. The molecule has 3 rings (SSSR count). The molecule has 5 nitrogen and oxygen atoms in total. The smallest absolute Gasteiger partial charge is 0.311 e. The third-order valence-corrected chi connectivity index (χ3v) is 4.95. The Bertz CT molecular complexity index is 715. The zero-order valence-corrected chi connectivity index (χ0v) is 13.8. The Labute approximate surface area is 131 Å². The first kappa shape index (κ1) is 15.3. The number of aromatic nitrogens is 2. The van der Waals surface area contributed by atoms with Gasteiger partial charge in [0.25, 0.3) is 0 Å². The summed E-state index contributed by atoms with van der Waals surface area (Å²) in [5.41, 5.74) is 3.26. The number of benzene rings is 1. The van der Waals surface area contributed by atoms with Crippen LogP contribution in [0.25, 0.3) is 11.0 Å². The average Bonchev–Trinajstić information content (AvgIpc) is 3.07. The highest BCUT2D eigenvalue weighted by atomic mass is 16.1. The Kier molecular flexibility index (Phi) is 4.36. The summed E-state index contributed by atoms with van der Waals surface area (Å²) in [7, 11) is 3.65. The number of rotatable bonds is 5. The van der Waals surface area contributed by atoms with Crippen LogP contribution in [0.4, 0.5) is 0 Å². The summed E-state index contributed by atoms with van der Waals surface area (Å²) in [4.78, 5) is 14.5. The number of hydrogen-bond acceptors (Lipinski definition) is 3. The van der Waals surface area contributed by atoms with Crippen LogP contribution in [-0.2, 0) is 20.6 Å². The van der Waals surface area contributed by atoms with Crippen LogP contribution in [0.1, 0.15) is 25.3 Å². The molecule has 22 heavy (non-hydrogen) atoms. The van der Waals surface area contributed by atoms with Gasteiger partial charge in [-0.25, -0.2) is 4.79 Å². The molecule has 1 aliphatic rings. The lowest BCUT2D eigenvalue weighted by Crippen LogP contribution is -2.37. The van der Waals surface area contributed by atoms with E-state index >= 15 is 0 Å². The monoisotopic (exact) mass is 302 g/mol. The Morgan fingerprint density at radius 2 is 2.00 bits per heavy atom. The number of likely N-dealkylation sites (tertiary alicyclic amines) is 1. The van der Waals surface area contributed by atoms with Crippen molar-refractivity contribution in [3.05, 3.63) is 34.2 Å². The van der Waals surface area contributed by atoms with E-state index in [9.17, 15) is 4.79 Å². The van der Waals surface area contributed by atoms with Crippen molar-refractivity contribution >= 4 is 11.0 Å². The average molecular weight is 302 g/mol. The topological polar surface area (TPSA) is 42.2 Å². The molecule has 0 amide bonds. The molecule has 0 radical (unpaired) electrons. The van der Waals surface area contributed by atoms with Crippen molar-refractivity contribution in [2.24, 2.45) is 14.1 Å². The predicted octanol–water partition coefficient (Wildman–Crippen LogP) is 1.45. The maximum atomic E-state index is 12.0. The van der Waals surface area contributed by atoms with E-state index in [0.717, 1.165) is 30.7 Å². The first-order valence-electron chi connectivity index (χ1n) is 8.21. The molecule has 5 heteroatoms. The van der Waals surface area contributed by atoms with Crippen LogP contribution in [-0.4, -0.2) is 39.7 Å². The van der Waals surface area contributed by atoms with E-state index < -0.39 is 0 Å². The van der Waals surface area contributed by atoms with Crippen LogP contribution in [0.2, 0.25) is 0 Å². The van der Waals surface area contributed by atoms with Gasteiger partial charge in [0.1, 0.15) is 0 Å². The van der Waals surface area contributed by atoms with E-state index in [1.807, 2.05) is 20.2 Å². The second kappa shape index (κ2) is 6.26. The van der Waals surface area contributed by atoms with Crippen molar-refractivity contribution in [1.82, 2.24) is 19.4 Å². The van der Waals surface area contributed by atoms with E-state index in [-0.39, 0.29) is 5.69 Å². The van der Waals surface area contributed by atoms with Crippen molar-refractivity contribution in [3.8, 4) is 0 Å². The molecular weight excluding hydrogens is 276 g/mol. The minimum Gasteiger partial charge on any atom is -0.311 e. The quantitative estimate of drug-likeness (QED) is 0.909. The second-order valence-corrected chi connectivity index (χ2v) is 6.28. The molecule has 0 unspecified atom stereocenters. The van der Waals surface area contributed by atoms with E-state index in [2.05, 4.69) is 29.3 Å². The summed E-state index contributed by atoms with van der Waals surface area (Å²) in [6, 6.07) is 6.95. The van der Waals surface area contributed by atoms with Crippen molar-refractivity contribution < 1.29 is 0 Å². The Balaban J connectivity index is 1.67. The molecule has 1 aromatic carbocycles. The minimum atomic E-state index is 0.0321. The molecule has 1 fully saturated rings. The van der Waals surface area contributed by atoms with E-state index in [1.54, 1.807) is 9.13 Å². The molecule has 2 heterocycles. The van der Waals surface area contributed by atoms with Gasteiger partial charge in [-0.2, -0.15) is 0 Å². The highest BCUT2D eigenvalue weighted by molar-refractivity contribution is 5.76. The molecule has 120 valence electrons. The molecular formula is C17H26N4O. The zero-order chi connectivity index (χ0) is 15.7. The summed E-state index contributed by atoms with van der Waals surface area (Å²) >= 11 is 0. The lowest BCUT2D eigenvalue weighted by molar-refractivity contribution is 0.260. The number of fused-ring (bicyclic) bond motifs is 1. The summed E-state index contributed by atoms with van der Waals surface area (Å²) in [6.07, 6.45) is 2.62. The third kappa shape index (κ3) is 2.71. The van der Waals surface area contributed by atoms with Gasteiger partial charge >= 0.3 is 5.69 Å². The van der Waals surface area contributed by atoms with Crippen LogP contribution in [0, 0.1) is 0 Å². The van der Waals surface area contributed by atoms with Gasteiger partial charge < -0.3 is 5.32 Å². The van der Waals surface area contributed by atoms with Crippen LogP contribution in [0.15, 0.2) is 23.0 Å². The van der Waals surface area contributed by atoms with E-state index in [4.69, 9.17) is 0 Å². The summed E-state index contributed by atoms with van der Waals surface area (Å²) in [5.74, 6) is 0. The van der Waals surface area contributed by atoms with Crippen molar-refractivity contribution in [2.75, 3.05) is 19.6 Å². The fourth-order valence-corrected chi connectivity index (χ4v) is 3.59. The molecule has 2 aromatic rings. The van der Waals surface area contributed by atoms with E-state index in [1.165, 1.54) is 24.9 Å². The lowest BCUT2D eigenvalue weighted by Gasteiger charge is -2.23. The molecule has 1 saturated heterocycles. The van der Waals surface area contributed by atoms with Gasteiger partial charge in [0.05, 0.1) is 11.0 Å². The van der Waals surface area contributed by atoms with Gasteiger partial charge in [0.2, 0.25) is 0 Å². The molecule has 1 aromatic heterocycles. The Hall–Kier alpha value is -1.59. The van der Waals surface area contributed by atoms with Gasteiger partial charge in [0.15, 0.2) is 0 Å². The molecule has 1 N–H and O–H groups in total. The molecule has 0 aliphatic carbocycles. The molecule has 0 saturated carbocycles. The van der Waals surface area contributed by atoms with Gasteiger partial charge in [-0.1, -0.05) is 13.0 Å². The largest absolute Gasteiger partial charge is 0.328 e. The van der Waals surface area contributed by atoms with Crippen LogP contribution < -0.4 is 11.0 Å². The number of nitrogens with one attached hydrogen (secondary N) is 1. The van der Waals surface area contributed by atoms with Crippen molar-refractivity contribution in [1.29, 1.82) is 0 Å². The normalized spacial score (nSPS) is 19.3. The maximum absolute atomic E-state index is 12.0. The summed E-state index contributed by atoms with van der Waals surface area (Å²) in [6.45, 7) is 6.51.